The van der Waals surface area contributed by atoms with Crippen LogP contribution in [0.2, 0.25) is 0 Å². The molecule has 0 spiro atoms. The molecule has 0 rings (SSSR count). The molecule has 20 heavy (non-hydrogen) atoms. The number of esters is 1. The molecule has 0 saturated carbocycles. The van der Waals surface area contributed by atoms with Crippen LogP contribution in [0.1, 0.15) is 65.2 Å². The van der Waals surface area contributed by atoms with Gasteiger partial charge in [-0.25, -0.2) is 9.36 Å². The first-order valence-electron chi connectivity index (χ1n) is 7.27. The second-order valence-electron chi connectivity index (χ2n) is 4.88. The van der Waals surface area contributed by atoms with Crippen molar-refractivity contribution in [2.24, 2.45) is 0 Å². The van der Waals surface area contributed by atoms with E-state index in [1.54, 1.807) is 0 Å². The fourth-order valence-corrected chi connectivity index (χ4v) is 2.27. The van der Waals surface area contributed by atoms with Gasteiger partial charge in [0.15, 0.2) is 6.10 Å². The lowest BCUT2D eigenvalue weighted by Gasteiger charge is -2.12. The second kappa shape index (κ2) is 11.3. The SMILES string of the molecule is CCCCCCCCCCOC(=O)C(C)OP(=O)(O)O. The molecular formula is C13H27O6P. The van der Waals surface area contributed by atoms with Gasteiger partial charge in [0, 0.05) is 0 Å². The molecule has 0 aliphatic rings. The molecule has 0 aromatic heterocycles. The molecule has 0 saturated heterocycles. The third-order valence-corrected chi connectivity index (χ3v) is 3.46. The number of hydrogen-bond acceptors (Lipinski definition) is 4. The summed E-state index contributed by atoms with van der Waals surface area (Å²) in [5.74, 6) is -0.740. The Morgan fingerprint density at radius 1 is 1.05 bits per heavy atom. The van der Waals surface area contributed by atoms with Crippen molar-refractivity contribution in [2.75, 3.05) is 6.61 Å². The summed E-state index contributed by atoms with van der Waals surface area (Å²) in [6, 6.07) is 0. The van der Waals surface area contributed by atoms with Gasteiger partial charge in [0.05, 0.1) is 6.61 Å². The molecule has 0 amide bonds. The third kappa shape index (κ3) is 12.6. The van der Waals surface area contributed by atoms with Crippen molar-refractivity contribution in [2.45, 2.75) is 71.3 Å². The Balaban J connectivity index is 3.46. The highest BCUT2D eigenvalue weighted by molar-refractivity contribution is 7.46. The predicted molar refractivity (Wildman–Crippen MR) is 76.2 cm³/mol. The molecule has 0 aromatic carbocycles. The molecule has 7 heteroatoms. The summed E-state index contributed by atoms with van der Waals surface area (Å²) < 4.78 is 19.6. The highest BCUT2D eigenvalue weighted by Crippen LogP contribution is 2.37. The number of carbonyl (C=O) groups is 1. The standard InChI is InChI=1S/C13H27O6P/c1-3-4-5-6-7-8-9-10-11-18-13(14)12(2)19-20(15,16)17/h12H,3-11H2,1-2H3,(H2,15,16,17). The van der Waals surface area contributed by atoms with E-state index < -0.39 is 19.9 Å². The highest BCUT2D eigenvalue weighted by atomic mass is 31.2. The molecule has 1 atom stereocenters. The summed E-state index contributed by atoms with van der Waals surface area (Å²) in [6.45, 7) is 3.71. The normalized spacial score (nSPS) is 13.2. The Labute approximate surface area is 121 Å². The van der Waals surface area contributed by atoms with E-state index in [4.69, 9.17) is 14.5 Å². The number of phosphoric acid groups is 1. The number of phosphoric ester groups is 1. The Morgan fingerprint density at radius 3 is 2.05 bits per heavy atom. The molecule has 0 aliphatic heterocycles. The van der Waals surface area contributed by atoms with Crippen LogP contribution in [0.4, 0.5) is 0 Å². The fourth-order valence-electron chi connectivity index (χ4n) is 1.78. The van der Waals surface area contributed by atoms with Crippen molar-refractivity contribution < 1.29 is 28.4 Å². The summed E-state index contributed by atoms with van der Waals surface area (Å²) in [5.41, 5.74) is 0. The van der Waals surface area contributed by atoms with Crippen LogP contribution in [0.15, 0.2) is 0 Å². The van der Waals surface area contributed by atoms with Gasteiger partial charge in [0.25, 0.3) is 0 Å². The zero-order valence-electron chi connectivity index (χ0n) is 12.4. The van der Waals surface area contributed by atoms with Crippen molar-refractivity contribution in [3.8, 4) is 0 Å². The van der Waals surface area contributed by atoms with Crippen LogP contribution < -0.4 is 0 Å². The van der Waals surface area contributed by atoms with Crippen LogP contribution in [-0.4, -0.2) is 28.5 Å². The topological polar surface area (TPSA) is 93.1 Å². The molecule has 0 radical (unpaired) electrons. The summed E-state index contributed by atoms with van der Waals surface area (Å²) >= 11 is 0. The van der Waals surface area contributed by atoms with Crippen molar-refractivity contribution in [3.05, 3.63) is 0 Å². The minimum atomic E-state index is -4.64. The highest BCUT2D eigenvalue weighted by Gasteiger charge is 2.25. The van der Waals surface area contributed by atoms with Gasteiger partial charge in [-0.05, 0) is 13.3 Å². The maximum atomic E-state index is 11.3. The number of rotatable bonds is 12. The molecule has 2 N–H and O–H groups in total. The van der Waals surface area contributed by atoms with Gasteiger partial charge >= 0.3 is 13.8 Å². The van der Waals surface area contributed by atoms with Crippen LogP contribution >= 0.6 is 7.82 Å². The quantitative estimate of drug-likeness (QED) is 0.327. The molecule has 6 nitrogen and oxygen atoms in total. The van der Waals surface area contributed by atoms with E-state index in [-0.39, 0.29) is 6.61 Å². The summed E-state index contributed by atoms with van der Waals surface area (Å²) in [7, 11) is -4.64. The number of carbonyl (C=O) groups excluding carboxylic acids is 1. The van der Waals surface area contributed by atoms with Gasteiger partial charge in [-0.1, -0.05) is 51.9 Å². The lowest BCUT2D eigenvalue weighted by molar-refractivity contribution is -0.152. The van der Waals surface area contributed by atoms with Crippen molar-refractivity contribution in [3.63, 3.8) is 0 Å². The Hall–Kier alpha value is -0.420. The maximum Gasteiger partial charge on any atom is 0.470 e. The molecule has 0 aromatic rings. The Bertz CT molecular complexity index is 301. The monoisotopic (exact) mass is 310 g/mol. The van der Waals surface area contributed by atoms with E-state index in [0.29, 0.717) is 0 Å². The van der Waals surface area contributed by atoms with Gasteiger partial charge in [-0.15, -0.1) is 0 Å². The van der Waals surface area contributed by atoms with E-state index in [2.05, 4.69) is 11.4 Å². The van der Waals surface area contributed by atoms with Crippen molar-refractivity contribution in [1.82, 2.24) is 0 Å². The van der Waals surface area contributed by atoms with Crippen molar-refractivity contribution in [1.29, 1.82) is 0 Å². The van der Waals surface area contributed by atoms with E-state index in [1.807, 2.05) is 0 Å². The zero-order valence-corrected chi connectivity index (χ0v) is 13.3. The molecular weight excluding hydrogens is 283 g/mol. The van der Waals surface area contributed by atoms with Crippen LogP contribution in [-0.2, 0) is 18.6 Å². The lowest BCUT2D eigenvalue weighted by atomic mass is 10.1. The van der Waals surface area contributed by atoms with Crippen LogP contribution in [0.25, 0.3) is 0 Å². The van der Waals surface area contributed by atoms with Gasteiger partial charge in [0.1, 0.15) is 0 Å². The molecule has 120 valence electrons. The molecule has 0 aliphatic carbocycles. The minimum Gasteiger partial charge on any atom is -0.464 e. The van der Waals surface area contributed by atoms with Gasteiger partial charge in [-0.2, -0.15) is 0 Å². The molecule has 0 bridgehead atoms. The van der Waals surface area contributed by atoms with E-state index in [1.165, 1.54) is 39.0 Å². The van der Waals surface area contributed by atoms with E-state index in [9.17, 15) is 9.36 Å². The number of ether oxygens (including phenoxy) is 1. The fraction of sp³-hybridized carbons (Fsp3) is 0.923. The van der Waals surface area contributed by atoms with E-state index >= 15 is 0 Å². The Morgan fingerprint density at radius 2 is 1.55 bits per heavy atom. The largest absolute Gasteiger partial charge is 0.470 e. The van der Waals surface area contributed by atoms with Crippen LogP contribution in [0, 0.1) is 0 Å². The number of unbranched alkanes of at least 4 members (excludes halogenated alkanes) is 7. The summed E-state index contributed by atoms with van der Waals surface area (Å²) in [4.78, 5) is 28.4. The Kier molecular flexibility index (Phi) is 11.0. The first-order chi connectivity index (χ1) is 9.37. The van der Waals surface area contributed by atoms with Gasteiger partial charge < -0.3 is 14.5 Å². The van der Waals surface area contributed by atoms with Crippen molar-refractivity contribution >= 4 is 13.8 Å². The molecule has 1 unspecified atom stereocenters. The first kappa shape index (κ1) is 19.6. The van der Waals surface area contributed by atoms with Gasteiger partial charge in [0.2, 0.25) is 0 Å². The van der Waals surface area contributed by atoms with Crippen LogP contribution in [0.5, 0.6) is 0 Å². The lowest BCUT2D eigenvalue weighted by Crippen LogP contribution is -2.22. The summed E-state index contributed by atoms with van der Waals surface area (Å²) in [5, 5.41) is 0. The predicted octanol–water partition coefficient (Wildman–Crippen LogP) is 3.17. The smallest absolute Gasteiger partial charge is 0.464 e. The minimum absolute atomic E-state index is 0.267. The molecule has 0 fully saturated rings. The molecule has 0 heterocycles. The van der Waals surface area contributed by atoms with Crippen LogP contribution in [0.3, 0.4) is 0 Å². The first-order valence-corrected chi connectivity index (χ1v) is 8.80. The number of hydrogen-bond donors (Lipinski definition) is 2. The third-order valence-electron chi connectivity index (χ3n) is 2.87. The van der Waals surface area contributed by atoms with Gasteiger partial charge in [-0.3, -0.25) is 4.52 Å². The second-order valence-corrected chi connectivity index (χ2v) is 6.07. The maximum absolute atomic E-state index is 11.3. The zero-order chi connectivity index (χ0) is 15.4. The average molecular weight is 310 g/mol. The average Bonchev–Trinajstić information content (AvgIpc) is 2.34. The van der Waals surface area contributed by atoms with E-state index in [0.717, 1.165) is 19.3 Å². The summed E-state index contributed by atoms with van der Waals surface area (Å²) in [6.07, 6.45) is 7.89.